The minimum absolute atomic E-state index is 0.169. The fourth-order valence-electron chi connectivity index (χ4n) is 8.63. The SMILES string of the molecule is CC/C=C\C/C=C\C/C=C\C/C=C\C/C=C\C/C=C\C/C=C\C/C=C\C/C=C\C/C=C\C/C=C\CCCCCC(=O)OC(COC(=O)CCCCCCCCCCCCC/C=C\C/C=C\C/C=C\C/C=C\C/C=C\CC)COC(OCC[N+](C)(C)C)C(=O)O. The Bertz CT molecular complexity index is 2160. The van der Waals surface area contributed by atoms with Gasteiger partial charge in [-0.2, -0.15) is 0 Å². The Labute approximate surface area is 544 Å². The summed E-state index contributed by atoms with van der Waals surface area (Å²) in [6.45, 7) is 4.58. The first-order valence-corrected chi connectivity index (χ1v) is 34.6. The van der Waals surface area contributed by atoms with E-state index in [1.54, 1.807) is 0 Å². The molecular weight excluding hydrogens is 1100 g/mol. The summed E-state index contributed by atoms with van der Waals surface area (Å²) in [4.78, 5) is 37.6. The van der Waals surface area contributed by atoms with Crippen molar-refractivity contribution in [3.8, 4) is 0 Å². The number of quaternary nitrogens is 1. The molecule has 0 aromatic rings. The van der Waals surface area contributed by atoms with E-state index in [0.717, 1.165) is 154 Å². The van der Waals surface area contributed by atoms with Crippen LogP contribution < -0.4 is 0 Å². The van der Waals surface area contributed by atoms with E-state index in [2.05, 4.69) is 208 Å². The minimum Gasteiger partial charge on any atom is -0.477 e. The maximum atomic E-state index is 12.9. The number of hydrogen-bond donors (Lipinski definition) is 1. The van der Waals surface area contributed by atoms with Gasteiger partial charge in [-0.3, -0.25) is 9.59 Å². The lowest BCUT2D eigenvalue weighted by atomic mass is 10.0. The van der Waals surface area contributed by atoms with Crippen molar-refractivity contribution in [2.24, 2.45) is 0 Å². The van der Waals surface area contributed by atoms with Gasteiger partial charge in [-0.15, -0.1) is 0 Å². The molecule has 9 nitrogen and oxygen atoms in total. The summed E-state index contributed by atoms with van der Waals surface area (Å²) in [5.74, 6) is -2.08. The predicted octanol–water partition coefficient (Wildman–Crippen LogP) is 21.8. The smallest absolute Gasteiger partial charge is 0.361 e. The molecule has 0 aliphatic rings. The van der Waals surface area contributed by atoms with Crippen LogP contribution in [-0.4, -0.2) is 87.4 Å². The van der Waals surface area contributed by atoms with Crippen LogP contribution >= 0.6 is 0 Å². The number of rotatable bonds is 61. The highest BCUT2D eigenvalue weighted by atomic mass is 16.7. The number of carbonyl (C=O) groups is 3. The fraction of sp³-hybridized carbons (Fsp3) is 0.562. The molecular formula is C80H126NO8+. The molecule has 0 aromatic carbocycles. The third-order valence-electron chi connectivity index (χ3n) is 13.8. The van der Waals surface area contributed by atoms with Gasteiger partial charge in [0, 0.05) is 12.8 Å². The zero-order chi connectivity index (χ0) is 64.7. The van der Waals surface area contributed by atoms with Crippen LogP contribution in [0.3, 0.4) is 0 Å². The molecule has 0 aliphatic heterocycles. The van der Waals surface area contributed by atoms with Gasteiger partial charge in [-0.05, 0) is 141 Å². The van der Waals surface area contributed by atoms with Gasteiger partial charge >= 0.3 is 17.9 Å². The van der Waals surface area contributed by atoms with Crippen molar-refractivity contribution in [3.63, 3.8) is 0 Å². The van der Waals surface area contributed by atoms with Gasteiger partial charge in [-0.25, -0.2) is 4.79 Å². The highest BCUT2D eigenvalue weighted by Crippen LogP contribution is 2.15. The van der Waals surface area contributed by atoms with E-state index in [1.807, 2.05) is 21.1 Å². The van der Waals surface area contributed by atoms with Crippen LogP contribution in [0.15, 0.2) is 194 Å². The van der Waals surface area contributed by atoms with Crippen molar-refractivity contribution >= 4 is 17.9 Å². The highest BCUT2D eigenvalue weighted by molar-refractivity contribution is 5.71. The third kappa shape index (κ3) is 69.5. The summed E-state index contributed by atoms with van der Waals surface area (Å²) in [6, 6.07) is 0. The molecule has 89 heavy (non-hydrogen) atoms. The van der Waals surface area contributed by atoms with E-state index in [1.165, 1.54) is 44.9 Å². The number of unbranched alkanes of at least 4 members (excludes halogenated alkanes) is 14. The van der Waals surface area contributed by atoms with Gasteiger partial charge in [0.05, 0.1) is 34.4 Å². The Morgan fingerprint density at radius 1 is 0.337 bits per heavy atom. The molecule has 0 aliphatic carbocycles. The van der Waals surface area contributed by atoms with Crippen LogP contribution in [0.2, 0.25) is 0 Å². The number of carboxylic acids is 1. The maximum absolute atomic E-state index is 12.9. The third-order valence-corrected chi connectivity index (χ3v) is 13.8. The Balaban J connectivity index is 4.29. The van der Waals surface area contributed by atoms with Gasteiger partial charge in [-0.1, -0.05) is 272 Å². The van der Waals surface area contributed by atoms with Crippen molar-refractivity contribution < 1.29 is 42.9 Å². The average Bonchev–Trinajstić information content (AvgIpc) is 3.70. The van der Waals surface area contributed by atoms with Crippen molar-refractivity contribution in [3.05, 3.63) is 194 Å². The molecule has 2 unspecified atom stereocenters. The quantitative estimate of drug-likeness (QED) is 0.0211. The number of hydrogen-bond acceptors (Lipinski definition) is 7. The number of carboxylic acid groups (broad SMARTS) is 1. The second kappa shape index (κ2) is 68.0. The summed E-state index contributed by atoms with van der Waals surface area (Å²) in [7, 11) is 5.95. The predicted molar refractivity (Wildman–Crippen MR) is 382 cm³/mol. The molecule has 0 aromatic heterocycles. The Morgan fingerprint density at radius 2 is 0.607 bits per heavy atom. The second-order valence-electron chi connectivity index (χ2n) is 23.4. The first-order chi connectivity index (χ1) is 43.6. The van der Waals surface area contributed by atoms with E-state index < -0.39 is 24.3 Å². The molecule has 498 valence electrons. The molecule has 0 radical (unpaired) electrons. The van der Waals surface area contributed by atoms with Crippen molar-refractivity contribution in [2.45, 2.75) is 245 Å². The summed E-state index contributed by atoms with van der Waals surface area (Å²) < 4.78 is 22.9. The van der Waals surface area contributed by atoms with Crippen molar-refractivity contribution in [1.82, 2.24) is 0 Å². The van der Waals surface area contributed by atoms with E-state index >= 15 is 0 Å². The molecule has 0 amide bonds. The summed E-state index contributed by atoms with van der Waals surface area (Å²) in [6.07, 6.45) is 102. The van der Waals surface area contributed by atoms with Gasteiger partial charge < -0.3 is 28.5 Å². The molecule has 2 atom stereocenters. The largest absolute Gasteiger partial charge is 0.477 e. The van der Waals surface area contributed by atoms with E-state index in [0.29, 0.717) is 17.4 Å². The highest BCUT2D eigenvalue weighted by Gasteiger charge is 2.25. The van der Waals surface area contributed by atoms with Crippen LogP contribution in [0.4, 0.5) is 0 Å². The minimum atomic E-state index is -1.53. The molecule has 9 heteroatoms. The maximum Gasteiger partial charge on any atom is 0.361 e. The lowest BCUT2D eigenvalue weighted by molar-refractivity contribution is -0.870. The lowest BCUT2D eigenvalue weighted by Gasteiger charge is -2.25. The van der Waals surface area contributed by atoms with Crippen LogP contribution in [0.1, 0.15) is 232 Å². The Morgan fingerprint density at radius 3 is 0.910 bits per heavy atom. The topological polar surface area (TPSA) is 108 Å². The number of aliphatic carboxylic acids is 1. The van der Waals surface area contributed by atoms with Crippen LogP contribution in [0, 0.1) is 0 Å². The van der Waals surface area contributed by atoms with Gasteiger partial charge in [0.1, 0.15) is 13.2 Å². The summed E-state index contributed by atoms with van der Waals surface area (Å²) in [5.41, 5.74) is 0. The molecule has 1 N–H and O–H groups in total. The molecule has 0 rings (SSSR count). The molecule has 0 heterocycles. The first-order valence-electron chi connectivity index (χ1n) is 34.6. The van der Waals surface area contributed by atoms with Gasteiger partial charge in [0.2, 0.25) is 0 Å². The van der Waals surface area contributed by atoms with Gasteiger partial charge in [0.15, 0.2) is 6.10 Å². The number of likely N-dealkylation sites (N-methyl/N-ethyl adjacent to an activating group) is 1. The summed E-state index contributed by atoms with van der Waals surface area (Å²) >= 11 is 0. The molecule has 0 fully saturated rings. The molecule has 0 saturated heterocycles. The van der Waals surface area contributed by atoms with Crippen LogP contribution in [0.25, 0.3) is 0 Å². The molecule has 0 saturated carbocycles. The standard InChI is InChI=1S/C80H125NO8/c1-6-8-10-12-14-16-18-20-22-24-26-28-30-32-34-35-36-37-38-39-40-41-42-43-45-47-49-51-53-55-57-59-61-63-65-67-69-71-78(83)89-76(75-88-80(79(84)85)86-73-72-81(3,4)5)74-87-77(82)70-68-66-64-62-60-58-56-54-52-50-48-46-44-33-31-29-27-25-23-21-19-17-15-13-11-9-7-2/h8-11,14-17,20-23,26-29,32-34,36-37,39-40,42-44,47,49,53,55,59,61,76,80H,6-7,12-13,18-19,24-25,30-31,35,38,41,45-46,48,50-52,54,56-58,60,62-75H2,1-5H3/p+1/b10-8-,11-9-,16-14-,17-15-,22-20-,23-21-,28-26-,29-27-,34-32-,37-36-,40-39-,43-42-,44-33-,49-47-,55-53-,61-59-. The van der Waals surface area contributed by atoms with E-state index in [9.17, 15) is 19.5 Å². The first kappa shape index (κ1) is 83.1. The van der Waals surface area contributed by atoms with E-state index in [-0.39, 0.29) is 38.6 Å². The number of allylic oxidation sites excluding steroid dienone is 32. The fourth-order valence-corrected chi connectivity index (χ4v) is 8.63. The number of nitrogens with zero attached hydrogens (tertiary/aromatic N) is 1. The molecule has 0 bridgehead atoms. The number of esters is 2. The average molecular weight is 1230 g/mol. The zero-order valence-electron chi connectivity index (χ0n) is 56.8. The zero-order valence-corrected chi connectivity index (χ0v) is 56.8. The van der Waals surface area contributed by atoms with Crippen LogP contribution in [0.5, 0.6) is 0 Å². The van der Waals surface area contributed by atoms with Crippen LogP contribution in [-0.2, 0) is 33.3 Å². The Kier molecular flexibility index (Phi) is 63.6. The lowest BCUT2D eigenvalue weighted by Crippen LogP contribution is -2.40. The Hall–Kier alpha value is -5.87. The van der Waals surface area contributed by atoms with Crippen molar-refractivity contribution in [2.75, 3.05) is 47.5 Å². The second-order valence-corrected chi connectivity index (χ2v) is 23.4. The number of carbonyl (C=O) groups excluding carboxylic acids is 2. The molecule has 0 spiro atoms. The summed E-state index contributed by atoms with van der Waals surface area (Å²) in [5, 5.41) is 9.74. The monoisotopic (exact) mass is 1230 g/mol. The number of ether oxygens (including phenoxy) is 4. The normalized spacial score (nSPS) is 13.9. The van der Waals surface area contributed by atoms with Crippen molar-refractivity contribution in [1.29, 1.82) is 0 Å². The van der Waals surface area contributed by atoms with E-state index in [4.69, 9.17) is 18.9 Å². The van der Waals surface area contributed by atoms with Gasteiger partial charge in [0.25, 0.3) is 6.29 Å².